The van der Waals surface area contributed by atoms with Crippen molar-refractivity contribution in [3.05, 3.63) is 65.4 Å². The summed E-state index contributed by atoms with van der Waals surface area (Å²) in [5, 5.41) is 2.51. The van der Waals surface area contributed by atoms with Gasteiger partial charge in [0.2, 0.25) is 0 Å². The number of aromatic nitrogens is 2. The molecule has 1 heterocycles. The maximum Gasteiger partial charge on any atom is 0.416 e. The Morgan fingerprint density at radius 2 is 1.72 bits per heavy atom. The summed E-state index contributed by atoms with van der Waals surface area (Å²) in [6, 6.07) is 11.6. The number of carbonyl (C=O) groups excluding carboxylic acids is 1. The first kappa shape index (κ1) is 16.7. The van der Waals surface area contributed by atoms with E-state index in [9.17, 15) is 18.0 Å². The molecule has 2 aromatic carbocycles. The van der Waals surface area contributed by atoms with Crippen molar-refractivity contribution in [3.8, 4) is 0 Å². The lowest BCUT2D eigenvalue weighted by atomic mass is 10.1. The molecule has 1 amide bonds. The van der Waals surface area contributed by atoms with E-state index in [2.05, 4.69) is 15.3 Å². The number of carbonyl (C=O) groups is 1. The van der Waals surface area contributed by atoms with Gasteiger partial charge in [-0.2, -0.15) is 13.2 Å². The van der Waals surface area contributed by atoms with Crippen LogP contribution >= 0.6 is 0 Å². The average Bonchev–Trinajstić information content (AvgIpc) is 2.58. The van der Waals surface area contributed by atoms with E-state index in [1.807, 2.05) is 0 Å². The molecular formula is C17H13F3N4O. The largest absolute Gasteiger partial charge is 0.416 e. The van der Waals surface area contributed by atoms with E-state index >= 15 is 0 Å². The van der Waals surface area contributed by atoms with Gasteiger partial charge >= 0.3 is 6.18 Å². The molecule has 3 N–H and O–H groups in total. The van der Waals surface area contributed by atoms with Crippen LogP contribution < -0.4 is 11.1 Å². The molecule has 0 bridgehead atoms. The third-order valence-corrected chi connectivity index (χ3v) is 3.52. The standard InChI is InChI=1S/C17H13F3N4O/c18-17(19,20)11-5-3-4-10(8-11)9-22-16(25)14-15(21)24-13-7-2-1-6-12(13)23-14/h1-8H,9H2,(H2,21,24)(H,22,25). The maximum atomic E-state index is 12.7. The van der Waals surface area contributed by atoms with Crippen molar-refractivity contribution < 1.29 is 18.0 Å². The van der Waals surface area contributed by atoms with Crippen molar-refractivity contribution >= 4 is 22.8 Å². The predicted molar refractivity (Wildman–Crippen MR) is 86.6 cm³/mol. The van der Waals surface area contributed by atoms with Gasteiger partial charge in [0.1, 0.15) is 0 Å². The smallest absolute Gasteiger partial charge is 0.382 e. The molecule has 0 aliphatic rings. The fourth-order valence-corrected chi connectivity index (χ4v) is 2.30. The summed E-state index contributed by atoms with van der Waals surface area (Å²) in [5.41, 5.74) is 6.28. The highest BCUT2D eigenvalue weighted by Gasteiger charge is 2.30. The molecule has 0 saturated heterocycles. The molecule has 128 valence electrons. The monoisotopic (exact) mass is 346 g/mol. The fraction of sp³-hybridized carbons (Fsp3) is 0.118. The number of benzene rings is 2. The van der Waals surface area contributed by atoms with Gasteiger partial charge in [-0.3, -0.25) is 4.79 Å². The molecule has 0 unspecified atom stereocenters. The first-order valence-electron chi connectivity index (χ1n) is 7.31. The van der Waals surface area contributed by atoms with Crippen molar-refractivity contribution in [2.45, 2.75) is 12.7 Å². The zero-order chi connectivity index (χ0) is 18.0. The highest BCUT2D eigenvalue weighted by atomic mass is 19.4. The Labute approximate surface area is 140 Å². The maximum absolute atomic E-state index is 12.7. The van der Waals surface area contributed by atoms with Gasteiger partial charge in [-0.1, -0.05) is 24.3 Å². The van der Waals surface area contributed by atoms with Gasteiger partial charge in [0, 0.05) is 6.54 Å². The zero-order valence-electron chi connectivity index (χ0n) is 12.8. The Morgan fingerprint density at radius 3 is 2.40 bits per heavy atom. The number of hydrogen-bond acceptors (Lipinski definition) is 4. The number of nitrogen functional groups attached to an aromatic ring is 1. The number of fused-ring (bicyclic) bond motifs is 1. The molecule has 5 nitrogen and oxygen atoms in total. The van der Waals surface area contributed by atoms with Crippen molar-refractivity contribution in [3.63, 3.8) is 0 Å². The Morgan fingerprint density at radius 1 is 1.04 bits per heavy atom. The van der Waals surface area contributed by atoms with Crippen molar-refractivity contribution in [2.75, 3.05) is 5.73 Å². The summed E-state index contributed by atoms with van der Waals surface area (Å²) in [5.74, 6) is -0.645. The molecule has 0 atom stereocenters. The second-order valence-electron chi connectivity index (χ2n) is 5.33. The molecule has 1 aromatic heterocycles. The third-order valence-electron chi connectivity index (χ3n) is 3.52. The second kappa shape index (κ2) is 6.39. The molecule has 25 heavy (non-hydrogen) atoms. The number of rotatable bonds is 3. The first-order valence-corrected chi connectivity index (χ1v) is 7.31. The fourth-order valence-electron chi connectivity index (χ4n) is 2.30. The molecule has 8 heteroatoms. The Bertz CT molecular complexity index is 941. The second-order valence-corrected chi connectivity index (χ2v) is 5.33. The molecule has 3 aromatic rings. The molecule has 0 spiro atoms. The summed E-state index contributed by atoms with van der Waals surface area (Å²) in [6.07, 6.45) is -4.44. The number of halogens is 3. The van der Waals surface area contributed by atoms with Gasteiger partial charge in [-0.25, -0.2) is 9.97 Å². The van der Waals surface area contributed by atoms with Gasteiger partial charge in [0.15, 0.2) is 11.5 Å². The van der Waals surface area contributed by atoms with Crippen LogP contribution in [-0.4, -0.2) is 15.9 Å². The molecule has 0 saturated carbocycles. The normalized spacial score (nSPS) is 11.5. The van der Waals surface area contributed by atoms with Crippen LogP contribution in [0.1, 0.15) is 21.6 Å². The minimum Gasteiger partial charge on any atom is -0.382 e. The Kier molecular flexibility index (Phi) is 4.26. The van der Waals surface area contributed by atoms with Gasteiger partial charge in [-0.15, -0.1) is 0 Å². The van der Waals surface area contributed by atoms with E-state index in [0.717, 1.165) is 12.1 Å². The van der Waals surface area contributed by atoms with Gasteiger partial charge < -0.3 is 11.1 Å². The first-order chi connectivity index (χ1) is 11.8. The molecule has 0 aliphatic carbocycles. The van der Waals surface area contributed by atoms with Crippen LogP contribution in [0, 0.1) is 0 Å². The van der Waals surface area contributed by atoms with Crippen LogP contribution in [-0.2, 0) is 12.7 Å². The van der Waals surface area contributed by atoms with E-state index in [0.29, 0.717) is 16.6 Å². The highest BCUT2D eigenvalue weighted by molar-refractivity contribution is 5.98. The van der Waals surface area contributed by atoms with Crippen LogP contribution in [0.3, 0.4) is 0 Å². The van der Waals surface area contributed by atoms with E-state index in [1.165, 1.54) is 12.1 Å². The lowest BCUT2D eigenvalue weighted by Crippen LogP contribution is -2.25. The minimum absolute atomic E-state index is 0.0414. The van der Waals surface area contributed by atoms with Crippen molar-refractivity contribution in [1.82, 2.24) is 15.3 Å². The van der Waals surface area contributed by atoms with Gasteiger partial charge in [-0.05, 0) is 29.8 Å². The van der Waals surface area contributed by atoms with Gasteiger partial charge in [0.05, 0.1) is 16.6 Å². The van der Waals surface area contributed by atoms with E-state index in [1.54, 1.807) is 24.3 Å². The van der Waals surface area contributed by atoms with Crippen molar-refractivity contribution in [1.29, 1.82) is 0 Å². The zero-order valence-corrected chi connectivity index (χ0v) is 12.8. The number of hydrogen-bond donors (Lipinski definition) is 2. The predicted octanol–water partition coefficient (Wildman–Crippen LogP) is 3.16. The van der Waals surface area contributed by atoms with Crippen LogP contribution in [0.2, 0.25) is 0 Å². The molecule has 0 fully saturated rings. The summed E-state index contributed by atoms with van der Waals surface area (Å²) in [6.45, 7) is -0.0866. The van der Waals surface area contributed by atoms with Crippen LogP contribution in [0.5, 0.6) is 0 Å². The summed E-state index contributed by atoms with van der Waals surface area (Å²) >= 11 is 0. The van der Waals surface area contributed by atoms with E-state index in [-0.39, 0.29) is 18.1 Å². The lowest BCUT2D eigenvalue weighted by Gasteiger charge is -2.10. The average molecular weight is 346 g/mol. The third kappa shape index (κ3) is 3.68. The summed E-state index contributed by atoms with van der Waals surface area (Å²) in [4.78, 5) is 20.5. The Balaban J connectivity index is 1.78. The SMILES string of the molecule is Nc1nc2ccccc2nc1C(=O)NCc1cccc(C(F)(F)F)c1. The minimum atomic E-state index is -4.44. The Hall–Kier alpha value is -3.16. The number of amides is 1. The highest BCUT2D eigenvalue weighted by Crippen LogP contribution is 2.29. The van der Waals surface area contributed by atoms with Crippen LogP contribution in [0.25, 0.3) is 11.0 Å². The summed E-state index contributed by atoms with van der Waals surface area (Å²) < 4.78 is 38.1. The van der Waals surface area contributed by atoms with E-state index < -0.39 is 17.6 Å². The van der Waals surface area contributed by atoms with Crippen LogP contribution in [0.4, 0.5) is 19.0 Å². The quantitative estimate of drug-likeness (QED) is 0.763. The topological polar surface area (TPSA) is 80.9 Å². The number of para-hydroxylation sites is 2. The molecule has 3 rings (SSSR count). The van der Waals surface area contributed by atoms with Gasteiger partial charge in [0.25, 0.3) is 5.91 Å². The number of nitrogens with one attached hydrogen (secondary N) is 1. The number of anilines is 1. The molecule has 0 aliphatic heterocycles. The summed E-state index contributed by atoms with van der Waals surface area (Å²) in [7, 11) is 0. The molecular weight excluding hydrogens is 333 g/mol. The number of nitrogens with zero attached hydrogens (tertiary/aromatic N) is 2. The molecule has 0 radical (unpaired) electrons. The van der Waals surface area contributed by atoms with Crippen LogP contribution in [0.15, 0.2) is 48.5 Å². The lowest BCUT2D eigenvalue weighted by molar-refractivity contribution is -0.137. The van der Waals surface area contributed by atoms with Crippen molar-refractivity contribution in [2.24, 2.45) is 0 Å². The number of nitrogens with two attached hydrogens (primary N) is 1. The van der Waals surface area contributed by atoms with E-state index in [4.69, 9.17) is 5.73 Å². The number of alkyl halides is 3.